The van der Waals surface area contributed by atoms with E-state index in [1.165, 1.54) is 0 Å². The molecule has 2 saturated heterocycles. The Labute approximate surface area is 216 Å². The molecule has 178 valence electrons. The normalized spacial score (nSPS) is 17.0. The molecule has 0 atom stereocenters. The summed E-state index contributed by atoms with van der Waals surface area (Å²) in [5.41, 5.74) is 1.52. The van der Waals surface area contributed by atoms with Crippen molar-refractivity contribution < 1.29 is 28.5 Å². The highest BCUT2D eigenvalue weighted by Crippen LogP contribution is 2.29. The van der Waals surface area contributed by atoms with Gasteiger partial charge in [0.1, 0.15) is 23.0 Å². The van der Waals surface area contributed by atoms with E-state index in [-0.39, 0.29) is 33.7 Å². The maximum atomic E-state index is 11.7. The van der Waals surface area contributed by atoms with Crippen LogP contribution in [0.25, 0.3) is 12.2 Å². The molecular weight excluding hydrogens is 500 g/mol. The first-order chi connectivity index (χ1) is 17.4. The molecular formula is C26H16N2O6S2. The summed E-state index contributed by atoms with van der Waals surface area (Å²) < 4.78 is 22.2. The molecule has 0 bridgehead atoms. The van der Waals surface area contributed by atoms with Gasteiger partial charge in [-0.1, -0.05) is 30.3 Å². The van der Waals surface area contributed by atoms with Crippen LogP contribution in [0.3, 0.4) is 0 Å². The van der Waals surface area contributed by atoms with Crippen LogP contribution in [0.2, 0.25) is 0 Å². The van der Waals surface area contributed by atoms with E-state index in [0.29, 0.717) is 23.0 Å². The van der Waals surface area contributed by atoms with Crippen molar-refractivity contribution in [2.45, 2.75) is 0 Å². The fourth-order valence-corrected chi connectivity index (χ4v) is 3.65. The summed E-state index contributed by atoms with van der Waals surface area (Å²) in [6.45, 7) is 0. The number of thiocarbonyl (C=S) groups is 2. The van der Waals surface area contributed by atoms with Crippen LogP contribution in [0.1, 0.15) is 11.1 Å². The SMILES string of the molecule is O=C1NC(=S)OC1=Cc1ccc(Oc2cccc(Oc3ccc(C=C4OC(=S)NC4=O)cc3)c2)cc1. The number of nitrogens with one attached hydrogen (secondary N) is 2. The molecule has 2 fully saturated rings. The van der Waals surface area contributed by atoms with Crippen LogP contribution < -0.4 is 20.1 Å². The number of amides is 2. The minimum absolute atomic E-state index is 0.0411. The quantitative estimate of drug-likeness (QED) is 0.356. The minimum Gasteiger partial charge on any atom is -0.457 e. The van der Waals surface area contributed by atoms with Crippen LogP contribution in [-0.2, 0) is 19.1 Å². The number of hydrogen-bond acceptors (Lipinski definition) is 8. The van der Waals surface area contributed by atoms with Crippen molar-refractivity contribution in [1.29, 1.82) is 0 Å². The minimum atomic E-state index is -0.372. The summed E-state index contributed by atoms with van der Waals surface area (Å²) in [6.07, 6.45) is 3.19. The van der Waals surface area contributed by atoms with Crippen molar-refractivity contribution in [3.05, 3.63) is 95.4 Å². The Morgan fingerprint density at radius 1 is 0.611 bits per heavy atom. The molecule has 0 saturated carbocycles. The maximum Gasteiger partial charge on any atom is 0.294 e. The third-order valence-corrected chi connectivity index (χ3v) is 5.29. The van der Waals surface area contributed by atoms with Gasteiger partial charge in [-0.3, -0.25) is 20.2 Å². The van der Waals surface area contributed by atoms with E-state index in [0.717, 1.165) is 11.1 Å². The Bertz CT molecular complexity index is 1340. The molecule has 0 spiro atoms. The van der Waals surface area contributed by atoms with Crippen LogP contribution in [-0.4, -0.2) is 22.2 Å². The molecule has 5 rings (SSSR count). The third kappa shape index (κ3) is 5.57. The molecule has 2 heterocycles. The smallest absolute Gasteiger partial charge is 0.294 e. The summed E-state index contributed by atoms with van der Waals surface area (Å²) in [6, 6.07) is 21.5. The average Bonchev–Trinajstić information content (AvgIpc) is 3.34. The van der Waals surface area contributed by atoms with E-state index < -0.39 is 0 Å². The molecule has 2 aliphatic rings. The van der Waals surface area contributed by atoms with Gasteiger partial charge < -0.3 is 18.9 Å². The molecule has 2 N–H and O–H groups in total. The molecule has 0 unspecified atom stereocenters. The molecule has 2 amide bonds. The van der Waals surface area contributed by atoms with Gasteiger partial charge in [0.25, 0.3) is 22.2 Å². The van der Waals surface area contributed by atoms with Crippen molar-refractivity contribution in [2.24, 2.45) is 0 Å². The lowest BCUT2D eigenvalue weighted by molar-refractivity contribution is -0.117. The lowest BCUT2D eigenvalue weighted by Gasteiger charge is -2.10. The number of benzene rings is 3. The number of rotatable bonds is 6. The van der Waals surface area contributed by atoms with Crippen molar-refractivity contribution in [1.82, 2.24) is 10.6 Å². The Balaban J connectivity index is 1.22. The zero-order valence-electron chi connectivity index (χ0n) is 18.3. The Hall–Kier alpha value is -4.54. The second kappa shape index (κ2) is 9.98. The highest BCUT2D eigenvalue weighted by molar-refractivity contribution is 7.80. The van der Waals surface area contributed by atoms with Crippen molar-refractivity contribution in [3.63, 3.8) is 0 Å². The lowest BCUT2D eigenvalue weighted by Crippen LogP contribution is -2.18. The molecule has 3 aromatic rings. The zero-order valence-corrected chi connectivity index (χ0v) is 20.0. The Kier molecular flexibility index (Phi) is 6.44. The van der Waals surface area contributed by atoms with Crippen LogP contribution in [0.15, 0.2) is 84.3 Å². The van der Waals surface area contributed by atoms with Gasteiger partial charge in [0.2, 0.25) is 0 Å². The molecule has 10 heteroatoms. The van der Waals surface area contributed by atoms with Crippen LogP contribution >= 0.6 is 24.4 Å². The monoisotopic (exact) mass is 516 g/mol. The summed E-state index contributed by atoms with van der Waals surface area (Å²) in [5.74, 6) is 1.93. The fourth-order valence-electron chi connectivity index (χ4n) is 3.28. The zero-order chi connectivity index (χ0) is 25.1. The van der Waals surface area contributed by atoms with Gasteiger partial charge >= 0.3 is 0 Å². The number of carbonyl (C=O) groups is 2. The fraction of sp³-hybridized carbons (Fsp3) is 0. The van der Waals surface area contributed by atoms with E-state index in [9.17, 15) is 9.59 Å². The lowest BCUT2D eigenvalue weighted by atomic mass is 10.2. The first-order valence-electron chi connectivity index (χ1n) is 10.6. The first-order valence-corrected chi connectivity index (χ1v) is 11.4. The van der Waals surface area contributed by atoms with E-state index in [4.69, 9.17) is 43.4 Å². The van der Waals surface area contributed by atoms with Crippen molar-refractivity contribution in [2.75, 3.05) is 0 Å². The van der Waals surface area contributed by atoms with E-state index in [1.807, 2.05) is 18.2 Å². The van der Waals surface area contributed by atoms with E-state index in [1.54, 1.807) is 66.7 Å². The predicted octanol–water partition coefficient (Wildman–Crippen LogP) is 4.82. The summed E-state index contributed by atoms with van der Waals surface area (Å²) >= 11 is 9.65. The van der Waals surface area contributed by atoms with Gasteiger partial charge in [0.15, 0.2) is 11.5 Å². The molecule has 36 heavy (non-hydrogen) atoms. The van der Waals surface area contributed by atoms with Crippen LogP contribution in [0, 0.1) is 0 Å². The van der Waals surface area contributed by atoms with Gasteiger partial charge in [0, 0.05) is 6.07 Å². The topological polar surface area (TPSA) is 95.1 Å². The van der Waals surface area contributed by atoms with Gasteiger partial charge in [-0.25, -0.2) is 0 Å². The maximum absolute atomic E-state index is 11.7. The number of ether oxygens (including phenoxy) is 4. The van der Waals surface area contributed by atoms with Crippen LogP contribution in [0.5, 0.6) is 23.0 Å². The highest BCUT2D eigenvalue weighted by Gasteiger charge is 2.23. The Morgan fingerprint density at radius 3 is 1.39 bits per heavy atom. The summed E-state index contributed by atoms with van der Waals surface area (Å²) in [5, 5.41) is 4.91. The summed E-state index contributed by atoms with van der Waals surface area (Å²) in [4.78, 5) is 23.4. The average molecular weight is 517 g/mol. The van der Waals surface area contributed by atoms with Gasteiger partial charge in [0.05, 0.1) is 0 Å². The molecule has 3 aromatic carbocycles. The molecule has 2 aliphatic heterocycles. The third-order valence-electron chi connectivity index (χ3n) is 4.92. The molecule has 0 aliphatic carbocycles. The molecule has 0 radical (unpaired) electrons. The van der Waals surface area contributed by atoms with Crippen LogP contribution in [0.4, 0.5) is 0 Å². The predicted molar refractivity (Wildman–Crippen MR) is 139 cm³/mol. The van der Waals surface area contributed by atoms with Crippen molar-refractivity contribution in [3.8, 4) is 23.0 Å². The number of carbonyl (C=O) groups excluding carboxylic acids is 2. The van der Waals surface area contributed by atoms with Gasteiger partial charge in [-0.05, 0) is 84.1 Å². The highest BCUT2D eigenvalue weighted by atomic mass is 32.1. The largest absolute Gasteiger partial charge is 0.457 e. The van der Waals surface area contributed by atoms with Gasteiger partial charge in [-0.2, -0.15) is 0 Å². The van der Waals surface area contributed by atoms with Crippen molar-refractivity contribution >= 4 is 58.8 Å². The molecule has 8 nitrogen and oxygen atoms in total. The van der Waals surface area contributed by atoms with E-state index in [2.05, 4.69) is 10.6 Å². The second-order valence-electron chi connectivity index (χ2n) is 7.52. The number of hydrogen-bond donors (Lipinski definition) is 2. The molecule has 0 aromatic heterocycles. The van der Waals surface area contributed by atoms with Gasteiger partial charge in [-0.15, -0.1) is 0 Å². The standard InChI is InChI=1S/C26H16N2O6S2/c29-23-21(33-25(35)27-23)12-15-4-8-17(9-5-15)31-19-2-1-3-20(14-19)32-18-10-6-16(7-11-18)13-22-24(30)28-26(36)34-22/h1-14H,(H,27,29,35)(H,28,30,36). The second-order valence-corrected chi connectivity index (χ2v) is 8.26. The summed E-state index contributed by atoms with van der Waals surface area (Å²) in [7, 11) is 0. The first kappa shape index (κ1) is 23.2. The Morgan fingerprint density at radius 2 is 1.03 bits per heavy atom. The van der Waals surface area contributed by atoms with E-state index >= 15 is 0 Å².